The van der Waals surface area contributed by atoms with Crippen LogP contribution in [0.25, 0.3) is 0 Å². The molecular formula is C17H24BrNO4. The zero-order valence-electron chi connectivity index (χ0n) is 13.7. The summed E-state index contributed by atoms with van der Waals surface area (Å²) in [6.07, 6.45) is 2.56. The van der Waals surface area contributed by atoms with Gasteiger partial charge in [-0.15, -0.1) is 0 Å². The Balaban J connectivity index is 2.20. The van der Waals surface area contributed by atoms with Gasteiger partial charge in [-0.25, -0.2) is 0 Å². The lowest BCUT2D eigenvalue weighted by molar-refractivity contribution is -0.142. The standard InChI is InChI=1S/C17H24BrNO4/c1-3-8-23-16-13(18)9-12(10-15(16)22-4-2)11-19-7-5-6-14(19)17(20)21/h9-10,14H,3-8,11H2,1-2H3,(H,20,21)/t14-/m0/s1. The summed E-state index contributed by atoms with van der Waals surface area (Å²) in [5, 5.41) is 9.30. The molecule has 0 radical (unpaired) electrons. The van der Waals surface area contributed by atoms with Crippen LogP contribution in [0.3, 0.4) is 0 Å². The van der Waals surface area contributed by atoms with Gasteiger partial charge in [-0.05, 0) is 66.4 Å². The van der Waals surface area contributed by atoms with Crippen molar-refractivity contribution in [2.24, 2.45) is 0 Å². The lowest BCUT2D eigenvalue weighted by Gasteiger charge is -2.22. The van der Waals surface area contributed by atoms with Gasteiger partial charge < -0.3 is 14.6 Å². The molecular weight excluding hydrogens is 362 g/mol. The number of halogens is 1. The van der Waals surface area contributed by atoms with Crippen molar-refractivity contribution in [1.29, 1.82) is 0 Å². The normalized spacial score (nSPS) is 18.1. The predicted octanol–water partition coefficient (Wildman–Crippen LogP) is 3.69. The molecule has 1 aliphatic rings. The smallest absolute Gasteiger partial charge is 0.320 e. The molecule has 128 valence electrons. The van der Waals surface area contributed by atoms with Gasteiger partial charge in [-0.2, -0.15) is 0 Å². The van der Waals surface area contributed by atoms with E-state index < -0.39 is 5.97 Å². The van der Waals surface area contributed by atoms with Crippen molar-refractivity contribution in [1.82, 2.24) is 4.90 Å². The number of aliphatic carboxylic acids is 1. The first-order valence-electron chi connectivity index (χ1n) is 8.11. The summed E-state index contributed by atoms with van der Waals surface area (Å²) < 4.78 is 12.3. The van der Waals surface area contributed by atoms with E-state index in [1.807, 2.05) is 24.0 Å². The first-order chi connectivity index (χ1) is 11.1. The molecule has 1 fully saturated rings. The average Bonchev–Trinajstić information content (AvgIpc) is 2.95. The van der Waals surface area contributed by atoms with Crippen LogP contribution in [0.1, 0.15) is 38.7 Å². The van der Waals surface area contributed by atoms with E-state index in [1.54, 1.807) is 0 Å². The molecule has 23 heavy (non-hydrogen) atoms. The van der Waals surface area contributed by atoms with Gasteiger partial charge in [0.05, 0.1) is 17.7 Å². The van der Waals surface area contributed by atoms with E-state index in [1.165, 1.54) is 0 Å². The number of rotatable bonds is 8. The van der Waals surface area contributed by atoms with Crippen molar-refractivity contribution in [2.75, 3.05) is 19.8 Å². The first kappa shape index (κ1) is 18.1. The number of hydrogen-bond donors (Lipinski definition) is 1. The van der Waals surface area contributed by atoms with E-state index in [2.05, 4.69) is 22.9 Å². The number of nitrogens with zero attached hydrogens (tertiary/aromatic N) is 1. The molecule has 0 saturated carbocycles. The molecule has 6 heteroatoms. The summed E-state index contributed by atoms with van der Waals surface area (Å²) in [6.45, 7) is 6.59. The SMILES string of the molecule is CCCOc1c(Br)cc(CN2CCC[C@H]2C(=O)O)cc1OCC. The fourth-order valence-corrected chi connectivity index (χ4v) is 3.45. The number of ether oxygens (including phenoxy) is 2. The molecule has 0 amide bonds. The molecule has 1 saturated heterocycles. The second-order valence-corrected chi connectivity index (χ2v) is 6.51. The Kier molecular flexibility index (Phi) is 6.72. The third kappa shape index (κ3) is 4.61. The minimum absolute atomic E-state index is 0.389. The van der Waals surface area contributed by atoms with Crippen LogP contribution in [-0.2, 0) is 11.3 Å². The maximum Gasteiger partial charge on any atom is 0.320 e. The van der Waals surface area contributed by atoms with Crippen LogP contribution in [0.5, 0.6) is 11.5 Å². The summed E-state index contributed by atoms with van der Waals surface area (Å²) >= 11 is 3.55. The highest BCUT2D eigenvalue weighted by atomic mass is 79.9. The zero-order valence-corrected chi connectivity index (χ0v) is 15.3. The van der Waals surface area contributed by atoms with Crippen molar-refractivity contribution >= 4 is 21.9 Å². The van der Waals surface area contributed by atoms with Crippen molar-refractivity contribution < 1.29 is 19.4 Å². The number of benzene rings is 1. The van der Waals surface area contributed by atoms with Gasteiger partial charge in [0.15, 0.2) is 11.5 Å². The summed E-state index contributed by atoms with van der Waals surface area (Å²) in [6, 6.07) is 3.56. The highest BCUT2D eigenvalue weighted by Gasteiger charge is 2.30. The van der Waals surface area contributed by atoms with Gasteiger partial charge in [-0.3, -0.25) is 9.69 Å². The van der Waals surface area contributed by atoms with Crippen molar-refractivity contribution in [3.63, 3.8) is 0 Å². The lowest BCUT2D eigenvalue weighted by Crippen LogP contribution is -2.35. The van der Waals surface area contributed by atoms with Crippen molar-refractivity contribution in [2.45, 2.75) is 45.7 Å². The van der Waals surface area contributed by atoms with Gasteiger partial charge in [0.2, 0.25) is 0 Å². The quantitative estimate of drug-likeness (QED) is 0.739. The molecule has 1 atom stereocenters. The third-order valence-corrected chi connectivity index (χ3v) is 4.44. The van der Waals surface area contributed by atoms with E-state index in [-0.39, 0.29) is 6.04 Å². The number of likely N-dealkylation sites (tertiary alicyclic amines) is 1. The molecule has 1 aromatic rings. The van der Waals surface area contributed by atoms with E-state index in [0.29, 0.717) is 37.7 Å². The van der Waals surface area contributed by atoms with Gasteiger partial charge >= 0.3 is 5.97 Å². The maximum atomic E-state index is 11.3. The summed E-state index contributed by atoms with van der Waals surface area (Å²) in [4.78, 5) is 13.3. The van der Waals surface area contributed by atoms with Gasteiger partial charge in [-0.1, -0.05) is 6.92 Å². The van der Waals surface area contributed by atoms with Crippen LogP contribution in [0.15, 0.2) is 16.6 Å². The second-order valence-electron chi connectivity index (χ2n) is 5.65. The van der Waals surface area contributed by atoms with Crippen LogP contribution in [0, 0.1) is 0 Å². The summed E-state index contributed by atoms with van der Waals surface area (Å²) in [7, 11) is 0. The van der Waals surface area contributed by atoms with Crippen LogP contribution >= 0.6 is 15.9 Å². The minimum atomic E-state index is -0.741. The monoisotopic (exact) mass is 385 g/mol. The average molecular weight is 386 g/mol. The van der Waals surface area contributed by atoms with Crippen LogP contribution < -0.4 is 9.47 Å². The molecule has 0 unspecified atom stereocenters. The molecule has 0 aromatic heterocycles. The Hall–Kier alpha value is -1.27. The van der Waals surface area contributed by atoms with Crippen molar-refractivity contribution in [3.05, 3.63) is 22.2 Å². The number of carboxylic acids is 1. The van der Waals surface area contributed by atoms with E-state index in [0.717, 1.165) is 29.4 Å². The molecule has 1 heterocycles. The zero-order chi connectivity index (χ0) is 16.8. The maximum absolute atomic E-state index is 11.3. The predicted molar refractivity (Wildman–Crippen MR) is 92.2 cm³/mol. The summed E-state index contributed by atoms with van der Waals surface area (Å²) in [5.74, 6) is 0.680. The lowest BCUT2D eigenvalue weighted by atomic mass is 10.1. The largest absolute Gasteiger partial charge is 0.490 e. The second kappa shape index (κ2) is 8.55. The summed E-state index contributed by atoms with van der Waals surface area (Å²) in [5.41, 5.74) is 1.03. The van der Waals surface area contributed by atoms with E-state index >= 15 is 0 Å². The molecule has 1 N–H and O–H groups in total. The Labute approximate surface area is 145 Å². The Morgan fingerprint density at radius 2 is 2.17 bits per heavy atom. The van der Waals surface area contributed by atoms with Crippen molar-refractivity contribution in [3.8, 4) is 11.5 Å². The molecule has 1 aliphatic heterocycles. The molecule has 2 rings (SSSR count). The van der Waals surface area contributed by atoms with Gasteiger partial charge in [0.1, 0.15) is 6.04 Å². The van der Waals surface area contributed by atoms with Crippen LogP contribution in [0.2, 0.25) is 0 Å². The fraction of sp³-hybridized carbons (Fsp3) is 0.588. The fourth-order valence-electron chi connectivity index (χ4n) is 2.85. The highest BCUT2D eigenvalue weighted by Crippen LogP contribution is 2.37. The van der Waals surface area contributed by atoms with E-state index in [9.17, 15) is 9.90 Å². The first-order valence-corrected chi connectivity index (χ1v) is 8.91. The Morgan fingerprint density at radius 1 is 1.39 bits per heavy atom. The molecule has 5 nitrogen and oxygen atoms in total. The minimum Gasteiger partial charge on any atom is -0.490 e. The van der Waals surface area contributed by atoms with E-state index in [4.69, 9.17) is 9.47 Å². The Bertz CT molecular complexity index is 550. The molecule has 0 aliphatic carbocycles. The van der Waals surface area contributed by atoms with Gasteiger partial charge in [0.25, 0.3) is 0 Å². The number of carboxylic acid groups (broad SMARTS) is 1. The Morgan fingerprint density at radius 3 is 2.83 bits per heavy atom. The molecule has 0 bridgehead atoms. The third-order valence-electron chi connectivity index (χ3n) is 3.85. The van der Waals surface area contributed by atoms with Crippen LogP contribution in [-0.4, -0.2) is 41.8 Å². The van der Waals surface area contributed by atoms with Gasteiger partial charge in [0, 0.05) is 6.54 Å². The van der Waals surface area contributed by atoms with Crippen LogP contribution in [0.4, 0.5) is 0 Å². The number of hydrogen-bond acceptors (Lipinski definition) is 4. The highest BCUT2D eigenvalue weighted by molar-refractivity contribution is 9.10. The number of carbonyl (C=O) groups is 1. The topological polar surface area (TPSA) is 59.0 Å². The molecule has 1 aromatic carbocycles. The molecule has 0 spiro atoms.